The van der Waals surface area contributed by atoms with Crippen molar-refractivity contribution in [2.24, 2.45) is 0 Å². The van der Waals surface area contributed by atoms with Crippen molar-refractivity contribution in [2.75, 3.05) is 5.32 Å². The fourth-order valence-corrected chi connectivity index (χ4v) is 2.26. The second-order valence-electron chi connectivity index (χ2n) is 4.87. The monoisotopic (exact) mass is 326 g/mol. The first-order valence-electron chi connectivity index (χ1n) is 5.29. The first kappa shape index (κ1) is 11.6. The third kappa shape index (κ3) is 2.45. The summed E-state index contributed by atoms with van der Waals surface area (Å²) in [5.41, 5.74) is 2.20. The molecule has 0 radical (unpaired) electrons. The molecule has 0 saturated heterocycles. The third-order valence-corrected chi connectivity index (χ3v) is 3.17. The summed E-state index contributed by atoms with van der Waals surface area (Å²) in [4.78, 5) is 4.46. The van der Waals surface area contributed by atoms with Gasteiger partial charge in [0.2, 0.25) is 0 Å². The maximum absolute atomic E-state index is 4.46. The molecule has 0 fully saturated rings. The maximum Gasteiger partial charge on any atom is 0.0943 e. The average Bonchev–Trinajstić information content (AvgIpc) is 2.21. The van der Waals surface area contributed by atoms with Crippen LogP contribution in [0.4, 0.5) is 5.69 Å². The van der Waals surface area contributed by atoms with E-state index in [1.165, 1.54) is 8.96 Å². The molecule has 0 aliphatic rings. The van der Waals surface area contributed by atoms with Crippen LogP contribution in [0.3, 0.4) is 0 Å². The average molecular weight is 326 g/mol. The van der Waals surface area contributed by atoms with Crippen molar-refractivity contribution in [2.45, 2.75) is 26.3 Å². The Balaban J connectivity index is 2.59. The Kier molecular flexibility index (Phi) is 3.06. The number of nitrogens with zero attached hydrogens (tertiary/aromatic N) is 1. The third-order valence-electron chi connectivity index (χ3n) is 2.23. The molecule has 1 heterocycles. The van der Waals surface area contributed by atoms with Crippen LogP contribution in [0.1, 0.15) is 20.8 Å². The van der Waals surface area contributed by atoms with Gasteiger partial charge in [-0.3, -0.25) is 4.98 Å². The summed E-state index contributed by atoms with van der Waals surface area (Å²) < 4.78 is 1.24. The molecule has 0 bridgehead atoms. The quantitative estimate of drug-likeness (QED) is 0.800. The van der Waals surface area contributed by atoms with Gasteiger partial charge in [0.1, 0.15) is 0 Å². The molecule has 0 spiro atoms. The van der Waals surface area contributed by atoms with Crippen LogP contribution in [0, 0.1) is 3.57 Å². The number of fused-ring (bicyclic) bond motifs is 1. The van der Waals surface area contributed by atoms with Crippen LogP contribution >= 0.6 is 22.6 Å². The van der Waals surface area contributed by atoms with Crippen LogP contribution in [0.2, 0.25) is 0 Å². The molecule has 0 amide bonds. The van der Waals surface area contributed by atoms with E-state index in [1.54, 1.807) is 0 Å². The second kappa shape index (κ2) is 4.20. The number of pyridine rings is 1. The summed E-state index contributed by atoms with van der Waals surface area (Å²) in [6.07, 6.45) is 1.84. The van der Waals surface area contributed by atoms with Gasteiger partial charge >= 0.3 is 0 Å². The summed E-state index contributed by atoms with van der Waals surface area (Å²) in [7, 11) is 0. The van der Waals surface area contributed by atoms with Gasteiger partial charge in [0.25, 0.3) is 0 Å². The minimum Gasteiger partial charge on any atom is -0.379 e. The van der Waals surface area contributed by atoms with Crippen molar-refractivity contribution in [3.05, 3.63) is 34.0 Å². The summed E-state index contributed by atoms with van der Waals surface area (Å²) in [5.74, 6) is 0. The van der Waals surface area contributed by atoms with Gasteiger partial charge in [-0.25, -0.2) is 0 Å². The van der Waals surface area contributed by atoms with Crippen molar-refractivity contribution < 1.29 is 0 Å². The first-order valence-corrected chi connectivity index (χ1v) is 6.37. The molecule has 2 rings (SSSR count). The molecule has 16 heavy (non-hydrogen) atoms. The largest absolute Gasteiger partial charge is 0.379 e. The summed E-state index contributed by atoms with van der Waals surface area (Å²) in [6.45, 7) is 6.46. The summed E-state index contributed by atoms with van der Waals surface area (Å²) in [5, 5.41) is 4.69. The van der Waals surface area contributed by atoms with Gasteiger partial charge in [0.05, 0.1) is 11.2 Å². The lowest BCUT2D eigenvalue weighted by Gasteiger charge is -2.23. The lowest BCUT2D eigenvalue weighted by atomic mass is 10.1. The second-order valence-corrected chi connectivity index (χ2v) is 6.03. The highest BCUT2D eigenvalue weighted by molar-refractivity contribution is 14.1. The van der Waals surface area contributed by atoms with Crippen molar-refractivity contribution in [3.8, 4) is 0 Å². The van der Waals surface area contributed by atoms with Crippen molar-refractivity contribution in [1.82, 2.24) is 4.98 Å². The van der Waals surface area contributed by atoms with Crippen LogP contribution in [0.25, 0.3) is 10.9 Å². The fraction of sp³-hybridized carbons (Fsp3) is 0.308. The van der Waals surface area contributed by atoms with Crippen molar-refractivity contribution in [1.29, 1.82) is 0 Å². The van der Waals surface area contributed by atoms with E-state index in [2.05, 4.69) is 71.9 Å². The molecule has 1 aromatic heterocycles. The smallest absolute Gasteiger partial charge is 0.0943 e. The zero-order valence-corrected chi connectivity index (χ0v) is 11.9. The Morgan fingerprint density at radius 2 is 1.94 bits per heavy atom. The van der Waals surface area contributed by atoms with E-state index in [1.807, 2.05) is 12.3 Å². The van der Waals surface area contributed by atoms with E-state index in [-0.39, 0.29) is 5.54 Å². The normalized spacial score (nSPS) is 11.8. The standard InChI is InChI=1S/C13H15IN2/c1-13(2,3)16-11-7-6-10(14)9-5-4-8-15-12(9)11/h4-8,16H,1-3H3. The van der Waals surface area contributed by atoms with Gasteiger partial charge in [0, 0.05) is 20.7 Å². The number of benzene rings is 1. The Hall–Kier alpha value is -0.840. The van der Waals surface area contributed by atoms with Gasteiger partial charge < -0.3 is 5.32 Å². The zero-order valence-electron chi connectivity index (χ0n) is 9.71. The predicted molar refractivity (Wildman–Crippen MR) is 77.8 cm³/mol. The highest BCUT2D eigenvalue weighted by Crippen LogP contribution is 2.27. The van der Waals surface area contributed by atoms with Gasteiger partial charge in [-0.1, -0.05) is 6.07 Å². The Morgan fingerprint density at radius 1 is 1.19 bits per heavy atom. The number of nitrogens with one attached hydrogen (secondary N) is 1. The molecular formula is C13H15IN2. The zero-order chi connectivity index (χ0) is 11.8. The van der Waals surface area contributed by atoms with E-state index >= 15 is 0 Å². The van der Waals surface area contributed by atoms with Gasteiger partial charge in [0.15, 0.2) is 0 Å². The number of hydrogen-bond donors (Lipinski definition) is 1. The summed E-state index contributed by atoms with van der Waals surface area (Å²) in [6, 6.07) is 8.31. The number of hydrogen-bond acceptors (Lipinski definition) is 2. The topological polar surface area (TPSA) is 24.9 Å². The maximum atomic E-state index is 4.46. The fourth-order valence-electron chi connectivity index (χ4n) is 1.64. The molecule has 0 saturated carbocycles. The number of aromatic nitrogens is 1. The number of rotatable bonds is 1. The predicted octanol–water partition coefficient (Wildman–Crippen LogP) is 4.05. The van der Waals surface area contributed by atoms with Crippen LogP contribution < -0.4 is 5.32 Å². The van der Waals surface area contributed by atoms with E-state index in [0.717, 1.165) is 11.2 Å². The highest BCUT2D eigenvalue weighted by atomic mass is 127. The lowest BCUT2D eigenvalue weighted by Crippen LogP contribution is -2.26. The molecule has 0 aliphatic heterocycles. The minimum absolute atomic E-state index is 0.0528. The molecule has 0 atom stereocenters. The molecule has 0 aliphatic carbocycles. The molecule has 2 nitrogen and oxygen atoms in total. The van der Waals surface area contributed by atoms with E-state index in [0.29, 0.717) is 0 Å². The molecule has 0 unspecified atom stereocenters. The first-order chi connectivity index (χ1) is 7.47. The molecule has 84 valence electrons. The summed E-state index contributed by atoms with van der Waals surface area (Å²) >= 11 is 2.34. The van der Waals surface area contributed by atoms with Crippen LogP contribution in [-0.4, -0.2) is 10.5 Å². The molecule has 2 aromatic rings. The van der Waals surface area contributed by atoms with E-state index in [9.17, 15) is 0 Å². The Labute approximate surface area is 110 Å². The van der Waals surface area contributed by atoms with Crippen molar-refractivity contribution >= 4 is 39.2 Å². The van der Waals surface area contributed by atoms with E-state index in [4.69, 9.17) is 0 Å². The SMILES string of the molecule is CC(C)(C)Nc1ccc(I)c2cccnc12. The highest BCUT2D eigenvalue weighted by Gasteiger charge is 2.12. The van der Waals surface area contributed by atoms with Gasteiger partial charge in [-0.05, 0) is 61.6 Å². The number of halogens is 1. The van der Waals surface area contributed by atoms with Crippen LogP contribution in [0.15, 0.2) is 30.5 Å². The van der Waals surface area contributed by atoms with E-state index < -0.39 is 0 Å². The molecule has 1 N–H and O–H groups in total. The van der Waals surface area contributed by atoms with Gasteiger partial charge in [-0.2, -0.15) is 0 Å². The molecule has 1 aromatic carbocycles. The van der Waals surface area contributed by atoms with Crippen molar-refractivity contribution in [3.63, 3.8) is 0 Å². The lowest BCUT2D eigenvalue weighted by molar-refractivity contribution is 0.635. The van der Waals surface area contributed by atoms with Crippen LogP contribution in [0.5, 0.6) is 0 Å². The molecule has 3 heteroatoms. The molecular weight excluding hydrogens is 311 g/mol. The van der Waals surface area contributed by atoms with Gasteiger partial charge in [-0.15, -0.1) is 0 Å². The number of anilines is 1. The van der Waals surface area contributed by atoms with Crippen LogP contribution in [-0.2, 0) is 0 Å². The Bertz CT molecular complexity index is 515. The minimum atomic E-state index is 0.0528. The Morgan fingerprint density at radius 3 is 2.62 bits per heavy atom.